The van der Waals surface area contributed by atoms with E-state index in [1.807, 2.05) is 54.6 Å². The third-order valence-electron chi connectivity index (χ3n) is 6.80. The molecule has 28 heavy (non-hydrogen) atoms. The molecule has 4 fully saturated rings. The van der Waals surface area contributed by atoms with E-state index in [4.69, 9.17) is 4.74 Å². The van der Waals surface area contributed by atoms with Crippen molar-refractivity contribution in [2.45, 2.75) is 50.5 Å². The van der Waals surface area contributed by atoms with Gasteiger partial charge in [-0.25, -0.2) is 0 Å². The van der Waals surface area contributed by atoms with E-state index in [0.29, 0.717) is 18.3 Å². The topological polar surface area (TPSA) is 58.6 Å². The normalized spacial score (nSPS) is 32.9. The number of hydrogen-bond donors (Lipinski definition) is 2. The maximum Gasteiger partial charge on any atom is 0.224 e. The molecule has 146 valence electrons. The van der Waals surface area contributed by atoms with Crippen molar-refractivity contribution in [2.24, 2.45) is 17.3 Å². The Morgan fingerprint density at radius 1 is 0.964 bits per heavy atom. The summed E-state index contributed by atoms with van der Waals surface area (Å²) in [6, 6.07) is 17.1. The highest BCUT2D eigenvalue weighted by molar-refractivity contribution is 5.91. The van der Waals surface area contributed by atoms with Gasteiger partial charge in [-0.05, 0) is 92.2 Å². The maximum atomic E-state index is 12.8. The minimum absolute atomic E-state index is 0.000716. The van der Waals surface area contributed by atoms with Crippen molar-refractivity contribution < 1.29 is 14.6 Å². The maximum absolute atomic E-state index is 12.8. The minimum atomic E-state index is -0.513. The van der Waals surface area contributed by atoms with Crippen LogP contribution in [0.5, 0.6) is 11.5 Å². The molecule has 4 atom stereocenters. The van der Waals surface area contributed by atoms with Gasteiger partial charge < -0.3 is 15.2 Å². The monoisotopic (exact) mass is 377 g/mol. The lowest BCUT2D eigenvalue weighted by molar-refractivity contribution is -0.167. The van der Waals surface area contributed by atoms with Gasteiger partial charge in [0, 0.05) is 12.1 Å². The first kappa shape index (κ1) is 17.7. The Balaban J connectivity index is 1.21. The molecule has 4 heteroatoms. The van der Waals surface area contributed by atoms with Crippen molar-refractivity contribution in [3.8, 4) is 11.5 Å². The van der Waals surface area contributed by atoms with Gasteiger partial charge >= 0.3 is 0 Å². The van der Waals surface area contributed by atoms with Crippen molar-refractivity contribution in [1.29, 1.82) is 0 Å². The fourth-order valence-corrected chi connectivity index (χ4v) is 6.39. The number of nitrogens with one attached hydrogen (secondary N) is 1. The first-order chi connectivity index (χ1) is 13.5. The summed E-state index contributed by atoms with van der Waals surface area (Å²) in [6.07, 6.45) is 6.64. The molecule has 4 aliphatic rings. The Hall–Kier alpha value is -2.33. The van der Waals surface area contributed by atoms with Crippen LogP contribution in [0.2, 0.25) is 0 Å². The molecule has 0 saturated heterocycles. The summed E-state index contributed by atoms with van der Waals surface area (Å²) in [4.78, 5) is 12.8. The van der Waals surface area contributed by atoms with Gasteiger partial charge in [0.1, 0.15) is 11.5 Å². The van der Waals surface area contributed by atoms with Crippen molar-refractivity contribution in [3.05, 3.63) is 54.6 Å². The van der Waals surface area contributed by atoms with E-state index in [1.54, 1.807) is 0 Å². The van der Waals surface area contributed by atoms with Crippen LogP contribution in [0.15, 0.2) is 54.6 Å². The molecule has 0 aromatic heterocycles. The van der Waals surface area contributed by atoms with Gasteiger partial charge in [-0.2, -0.15) is 0 Å². The highest BCUT2D eigenvalue weighted by atomic mass is 16.5. The molecule has 6 rings (SSSR count). The Labute approximate surface area is 165 Å². The van der Waals surface area contributed by atoms with Gasteiger partial charge in [0.15, 0.2) is 0 Å². The van der Waals surface area contributed by atoms with E-state index in [0.717, 1.165) is 49.3 Å². The van der Waals surface area contributed by atoms with Crippen molar-refractivity contribution in [1.82, 2.24) is 0 Å². The van der Waals surface area contributed by atoms with E-state index in [-0.39, 0.29) is 11.3 Å². The number of amides is 1. The summed E-state index contributed by atoms with van der Waals surface area (Å²) in [6.45, 7) is 0. The number of benzene rings is 2. The summed E-state index contributed by atoms with van der Waals surface area (Å²) in [5.74, 6) is 2.80. The standard InChI is InChI=1S/C24H27NO3/c26-22(15-23-11-17-10-18(12-23)14-24(27,13-17)16-23)25-19-6-8-21(9-7-19)28-20-4-2-1-3-5-20/h1-9,17-18,27H,10-16H2,(H,25,26)/t17-,18+,23?,24?. The minimum Gasteiger partial charge on any atom is -0.457 e. The summed E-state index contributed by atoms with van der Waals surface area (Å²) in [5.41, 5.74) is 0.272. The quantitative estimate of drug-likeness (QED) is 0.759. The zero-order valence-corrected chi connectivity index (χ0v) is 16.1. The molecule has 2 unspecified atom stereocenters. The molecule has 0 spiro atoms. The molecule has 2 aromatic carbocycles. The molecule has 1 amide bonds. The lowest BCUT2D eigenvalue weighted by Crippen LogP contribution is -2.56. The molecule has 4 bridgehead atoms. The van der Waals surface area contributed by atoms with Gasteiger partial charge in [-0.15, -0.1) is 0 Å². The van der Waals surface area contributed by atoms with Crippen LogP contribution < -0.4 is 10.1 Å². The zero-order chi connectivity index (χ0) is 19.2. The summed E-state index contributed by atoms with van der Waals surface area (Å²) < 4.78 is 5.80. The molecule has 4 nitrogen and oxygen atoms in total. The lowest BCUT2D eigenvalue weighted by Gasteiger charge is -2.60. The molecule has 2 N–H and O–H groups in total. The SMILES string of the molecule is O=C(CC12C[C@@H]3C[C@@H](CC(O)(C3)C1)C2)Nc1ccc(Oc2ccccc2)cc1. The van der Waals surface area contributed by atoms with E-state index in [9.17, 15) is 9.90 Å². The smallest absolute Gasteiger partial charge is 0.224 e. The molecular formula is C24H27NO3. The van der Waals surface area contributed by atoms with Gasteiger partial charge in [-0.3, -0.25) is 4.79 Å². The second kappa shape index (κ2) is 6.63. The van der Waals surface area contributed by atoms with E-state index >= 15 is 0 Å². The number of para-hydroxylation sites is 1. The van der Waals surface area contributed by atoms with Crippen molar-refractivity contribution in [3.63, 3.8) is 0 Å². The number of hydrogen-bond acceptors (Lipinski definition) is 3. The number of carbonyl (C=O) groups excluding carboxylic acids is 1. The second-order valence-electron chi connectivity index (χ2n) is 9.35. The van der Waals surface area contributed by atoms with Crippen LogP contribution in [0.4, 0.5) is 5.69 Å². The van der Waals surface area contributed by atoms with Gasteiger partial charge in [0.2, 0.25) is 5.91 Å². The predicted molar refractivity (Wildman–Crippen MR) is 108 cm³/mol. The number of anilines is 1. The third-order valence-corrected chi connectivity index (χ3v) is 6.80. The first-order valence-electron chi connectivity index (χ1n) is 10.3. The Morgan fingerprint density at radius 2 is 1.61 bits per heavy atom. The van der Waals surface area contributed by atoms with E-state index < -0.39 is 5.60 Å². The number of ether oxygens (including phenoxy) is 1. The second-order valence-corrected chi connectivity index (χ2v) is 9.35. The van der Waals surface area contributed by atoms with E-state index in [1.165, 1.54) is 6.42 Å². The highest BCUT2D eigenvalue weighted by Crippen LogP contribution is 2.62. The molecular weight excluding hydrogens is 350 g/mol. The number of rotatable bonds is 5. The van der Waals surface area contributed by atoms with Crippen molar-refractivity contribution in [2.75, 3.05) is 5.32 Å². The average Bonchev–Trinajstić information content (AvgIpc) is 2.61. The molecule has 4 aliphatic carbocycles. The van der Waals surface area contributed by atoms with Crippen LogP contribution >= 0.6 is 0 Å². The number of carbonyl (C=O) groups is 1. The molecule has 2 aromatic rings. The van der Waals surface area contributed by atoms with Gasteiger partial charge in [0.05, 0.1) is 5.60 Å². The Morgan fingerprint density at radius 3 is 2.25 bits per heavy atom. The Bertz CT molecular complexity index is 847. The zero-order valence-electron chi connectivity index (χ0n) is 16.1. The van der Waals surface area contributed by atoms with Crippen LogP contribution in [0.1, 0.15) is 44.9 Å². The van der Waals surface area contributed by atoms with Crippen LogP contribution in [-0.2, 0) is 4.79 Å². The predicted octanol–water partition coefficient (Wildman–Crippen LogP) is 5.14. The summed E-state index contributed by atoms with van der Waals surface area (Å²) in [5, 5.41) is 13.9. The van der Waals surface area contributed by atoms with Crippen LogP contribution in [0.25, 0.3) is 0 Å². The molecule has 4 saturated carbocycles. The van der Waals surface area contributed by atoms with Crippen molar-refractivity contribution >= 4 is 11.6 Å². The van der Waals surface area contributed by atoms with Crippen LogP contribution in [0, 0.1) is 17.3 Å². The average molecular weight is 377 g/mol. The third kappa shape index (κ3) is 3.53. The molecule has 0 heterocycles. The molecule has 0 radical (unpaired) electrons. The lowest BCUT2D eigenvalue weighted by atomic mass is 9.47. The van der Waals surface area contributed by atoms with Crippen LogP contribution in [-0.4, -0.2) is 16.6 Å². The fraction of sp³-hybridized carbons (Fsp3) is 0.458. The summed E-state index contributed by atoms with van der Waals surface area (Å²) in [7, 11) is 0. The highest BCUT2D eigenvalue weighted by Gasteiger charge is 2.57. The number of aliphatic hydroxyl groups is 1. The van der Waals surface area contributed by atoms with Crippen LogP contribution in [0.3, 0.4) is 0 Å². The Kier molecular flexibility index (Phi) is 4.20. The fourth-order valence-electron chi connectivity index (χ4n) is 6.39. The molecule has 0 aliphatic heterocycles. The summed E-state index contributed by atoms with van der Waals surface area (Å²) >= 11 is 0. The van der Waals surface area contributed by atoms with Gasteiger partial charge in [-0.1, -0.05) is 18.2 Å². The van der Waals surface area contributed by atoms with Gasteiger partial charge in [0.25, 0.3) is 0 Å². The first-order valence-corrected chi connectivity index (χ1v) is 10.3. The largest absolute Gasteiger partial charge is 0.457 e. The van der Waals surface area contributed by atoms with E-state index in [2.05, 4.69) is 5.32 Å².